The highest BCUT2D eigenvalue weighted by molar-refractivity contribution is 6.42. The maximum atomic E-state index is 14.0. The Balaban J connectivity index is 2.25. The molecule has 0 saturated carbocycles. The van der Waals surface area contributed by atoms with Crippen LogP contribution in [0.4, 0.5) is 8.78 Å². The van der Waals surface area contributed by atoms with Crippen molar-refractivity contribution in [1.29, 1.82) is 0 Å². The molecule has 0 saturated heterocycles. The van der Waals surface area contributed by atoms with E-state index in [-0.39, 0.29) is 10.8 Å². The van der Waals surface area contributed by atoms with Gasteiger partial charge in [0.2, 0.25) is 0 Å². The SMILES string of the molecule is CCNCc1cc(F)c(Oc2ccc(Cl)c(Cl)c2)c(F)c1. The van der Waals surface area contributed by atoms with Gasteiger partial charge in [0.15, 0.2) is 17.4 Å². The van der Waals surface area contributed by atoms with E-state index in [2.05, 4.69) is 5.32 Å². The molecule has 2 aromatic rings. The van der Waals surface area contributed by atoms with Gasteiger partial charge in [0, 0.05) is 12.6 Å². The molecule has 1 N–H and O–H groups in total. The van der Waals surface area contributed by atoms with E-state index >= 15 is 0 Å². The molecule has 0 fully saturated rings. The van der Waals surface area contributed by atoms with Crippen LogP contribution in [0.5, 0.6) is 11.5 Å². The number of nitrogens with one attached hydrogen (secondary N) is 1. The minimum Gasteiger partial charge on any atom is -0.451 e. The second kappa shape index (κ2) is 7.07. The van der Waals surface area contributed by atoms with Crippen molar-refractivity contribution >= 4 is 23.2 Å². The van der Waals surface area contributed by atoms with Crippen LogP contribution in [0.3, 0.4) is 0 Å². The van der Waals surface area contributed by atoms with E-state index in [1.165, 1.54) is 30.3 Å². The van der Waals surface area contributed by atoms with E-state index in [1.807, 2.05) is 6.92 Å². The number of ether oxygens (including phenoxy) is 1. The fourth-order valence-corrected chi connectivity index (χ4v) is 2.03. The molecule has 0 aromatic heterocycles. The second-order valence-electron chi connectivity index (χ2n) is 4.35. The first kappa shape index (κ1) is 16.0. The molecule has 21 heavy (non-hydrogen) atoms. The number of rotatable bonds is 5. The summed E-state index contributed by atoms with van der Waals surface area (Å²) < 4.78 is 33.1. The van der Waals surface area contributed by atoms with Crippen molar-refractivity contribution in [3.8, 4) is 11.5 Å². The van der Waals surface area contributed by atoms with Crippen molar-refractivity contribution in [2.45, 2.75) is 13.5 Å². The van der Waals surface area contributed by atoms with Crippen LogP contribution in [0.25, 0.3) is 0 Å². The van der Waals surface area contributed by atoms with Crippen LogP contribution in [-0.4, -0.2) is 6.54 Å². The fourth-order valence-electron chi connectivity index (χ4n) is 1.74. The van der Waals surface area contributed by atoms with Crippen molar-refractivity contribution in [3.63, 3.8) is 0 Å². The minimum absolute atomic E-state index is 0.210. The van der Waals surface area contributed by atoms with Crippen LogP contribution in [0.15, 0.2) is 30.3 Å². The predicted molar refractivity (Wildman–Crippen MR) is 80.3 cm³/mol. The van der Waals surface area contributed by atoms with E-state index in [1.54, 1.807) is 0 Å². The molecule has 6 heteroatoms. The Kier molecular flexibility index (Phi) is 5.39. The first-order chi connectivity index (χ1) is 10.0. The van der Waals surface area contributed by atoms with Gasteiger partial charge >= 0.3 is 0 Å². The molecule has 0 heterocycles. The largest absolute Gasteiger partial charge is 0.451 e. The molecule has 0 spiro atoms. The normalized spacial score (nSPS) is 10.7. The lowest BCUT2D eigenvalue weighted by atomic mass is 10.2. The number of hydrogen-bond acceptors (Lipinski definition) is 2. The van der Waals surface area contributed by atoms with Gasteiger partial charge in [-0.05, 0) is 36.4 Å². The van der Waals surface area contributed by atoms with Gasteiger partial charge < -0.3 is 10.1 Å². The van der Waals surface area contributed by atoms with Crippen LogP contribution in [-0.2, 0) is 6.54 Å². The molecule has 112 valence electrons. The summed E-state index contributed by atoms with van der Waals surface area (Å²) in [6.45, 7) is 3.01. The lowest BCUT2D eigenvalue weighted by Gasteiger charge is -2.10. The lowest BCUT2D eigenvalue weighted by molar-refractivity contribution is 0.406. The van der Waals surface area contributed by atoms with E-state index in [0.29, 0.717) is 23.7 Å². The van der Waals surface area contributed by atoms with Crippen molar-refractivity contribution in [2.24, 2.45) is 0 Å². The van der Waals surface area contributed by atoms with Gasteiger partial charge in [0.25, 0.3) is 0 Å². The third kappa shape index (κ3) is 4.06. The van der Waals surface area contributed by atoms with Gasteiger partial charge in [-0.15, -0.1) is 0 Å². The van der Waals surface area contributed by atoms with Gasteiger partial charge in [0.1, 0.15) is 5.75 Å². The Bertz CT molecular complexity index is 627. The molecule has 0 aliphatic carbocycles. The summed E-state index contributed by atoms with van der Waals surface area (Å²) in [6, 6.07) is 6.85. The summed E-state index contributed by atoms with van der Waals surface area (Å²) in [7, 11) is 0. The Morgan fingerprint density at radius 1 is 1.05 bits per heavy atom. The zero-order chi connectivity index (χ0) is 15.4. The third-order valence-corrected chi connectivity index (χ3v) is 3.49. The zero-order valence-corrected chi connectivity index (χ0v) is 12.7. The summed E-state index contributed by atoms with van der Waals surface area (Å²) in [6.07, 6.45) is 0. The lowest BCUT2D eigenvalue weighted by Crippen LogP contribution is -2.12. The molecule has 0 unspecified atom stereocenters. The molecule has 2 rings (SSSR count). The summed E-state index contributed by atoms with van der Waals surface area (Å²) in [4.78, 5) is 0. The van der Waals surface area contributed by atoms with Crippen LogP contribution in [0.2, 0.25) is 10.0 Å². The maximum absolute atomic E-state index is 14.0. The molecule has 0 amide bonds. The van der Waals surface area contributed by atoms with E-state index < -0.39 is 17.4 Å². The number of hydrogen-bond donors (Lipinski definition) is 1. The highest BCUT2D eigenvalue weighted by Gasteiger charge is 2.14. The Hall–Kier alpha value is -1.36. The second-order valence-corrected chi connectivity index (χ2v) is 5.16. The average Bonchev–Trinajstić information content (AvgIpc) is 2.44. The number of halogens is 4. The van der Waals surface area contributed by atoms with Crippen LogP contribution >= 0.6 is 23.2 Å². The molecule has 2 nitrogen and oxygen atoms in total. The predicted octanol–water partition coefficient (Wildman–Crippen LogP) is 5.17. The molecule has 0 aliphatic heterocycles. The van der Waals surface area contributed by atoms with Crippen molar-refractivity contribution < 1.29 is 13.5 Å². The molecular weight excluding hydrogens is 319 g/mol. The van der Waals surface area contributed by atoms with Gasteiger partial charge in [-0.25, -0.2) is 8.78 Å². The highest BCUT2D eigenvalue weighted by Crippen LogP contribution is 2.32. The fraction of sp³-hybridized carbons (Fsp3) is 0.200. The van der Waals surface area contributed by atoms with Gasteiger partial charge in [-0.2, -0.15) is 0 Å². The molecule has 0 atom stereocenters. The monoisotopic (exact) mass is 331 g/mol. The van der Waals surface area contributed by atoms with Crippen LogP contribution in [0, 0.1) is 11.6 Å². The Morgan fingerprint density at radius 2 is 1.71 bits per heavy atom. The zero-order valence-electron chi connectivity index (χ0n) is 11.2. The average molecular weight is 332 g/mol. The highest BCUT2D eigenvalue weighted by atomic mass is 35.5. The van der Waals surface area contributed by atoms with E-state index in [4.69, 9.17) is 27.9 Å². The van der Waals surface area contributed by atoms with Gasteiger partial charge in [0.05, 0.1) is 10.0 Å². The minimum atomic E-state index is -0.769. The third-order valence-electron chi connectivity index (χ3n) is 2.75. The Labute approximate surface area is 131 Å². The number of benzene rings is 2. The van der Waals surface area contributed by atoms with Crippen molar-refractivity contribution in [3.05, 3.63) is 57.6 Å². The Morgan fingerprint density at radius 3 is 2.29 bits per heavy atom. The molecule has 0 radical (unpaired) electrons. The van der Waals surface area contributed by atoms with Crippen molar-refractivity contribution in [1.82, 2.24) is 5.32 Å². The molecule has 0 aliphatic rings. The van der Waals surface area contributed by atoms with Gasteiger partial charge in [-0.1, -0.05) is 30.1 Å². The maximum Gasteiger partial charge on any atom is 0.198 e. The van der Waals surface area contributed by atoms with Gasteiger partial charge in [-0.3, -0.25) is 0 Å². The van der Waals surface area contributed by atoms with E-state index in [0.717, 1.165) is 0 Å². The van der Waals surface area contributed by atoms with Crippen LogP contribution in [0.1, 0.15) is 12.5 Å². The first-order valence-corrected chi connectivity index (χ1v) is 7.08. The topological polar surface area (TPSA) is 21.3 Å². The quantitative estimate of drug-likeness (QED) is 0.815. The first-order valence-electron chi connectivity index (χ1n) is 6.32. The molecular formula is C15H13Cl2F2NO. The molecule has 2 aromatic carbocycles. The summed E-state index contributed by atoms with van der Waals surface area (Å²) >= 11 is 11.6. The smallest absolute Gasteiger partial charge is 0.198 e. The van der Waals surface area contributed by atoms with E-state index in [9.17, 15) is 8.78 Å². The van der Waals surface area contributed by atoms with Crippen LogP contribution < -0.4 is 10.1 Å². The summed E-state index contributed by atoms with van der Waals surface area (Å²) in [5.41, 5.74) is 0.508. The summed E-state index contributed by atoms with van der Waals surface area (Å²) in [5, 5.41) is 3.58. The molecule has 0 bridgehead atoms. The van der Waals surface area contributed by atoms with Crippen molar-refractivity contribution in [2.75, 3.05) is 6.54 Å². The standard InChI is InChI=1S/C15H13Cl2F2NO/c1-2-20-8-9-5-13(18)15(14(19)6-9)21-10-3-4-11(16)12(17)7-10/h3-7,20H,2,8H2,1H3. The summed E-state index contributed by atoms with van der Waals surface area (Å²) in [5.74, 6) is -1.79.